The number of hydrogen-bond acceptors (Lipinski definition) is 6. The van der Waals surface area contributed by atoms with Crippen molar-refractivity contribution in [3.05, 3.63) is 101 Å². The lowest BCUT2D eigenvalue weighted by molar-refractivity contribution is -0.123. The van der Waals surface area contributed by atoms with Crippen LogP contribution in [-0.4, -0.2) is 30.9 Å². The molecule has 0 aliphatic carbocycles. The molecule has 5 rings (SSSR count). The van der Waals surface area contributed by atoms with Crippen LogP contribution in [0.3, 0.4) is 0 Å². The summed E-state index contributed by atoms with van der Waals surface area (Å²) in [6.07, 6.45) is 1.56. The smallest absolute Gasteiger partial charge is 0.262 e. The average molecular weight is 558 g/mol. The molecule has 0 fully saturated rings. The molecular formula is C31H28ClN3O5. The fourth-order valence-electron chi connectivity index (χ4n) is 4.30. The summed E-state index contributed by atoms with van der Waals surface area (Å²) in [5.74, 6) is 0.653. The van der Waals surface area contributed by atoms with Crippen molar-refractivity contribution < 1.29 is 23.8 Å². The van der Waals surface area contributed by atoms with Crippen LogP contribution in [0.4, 0.5) is 0 Å². The lowest BCUT2D eigenvalue weighted by Gasteiger charge is -2.20. The lowest BCUT2D eigenvalue weighted by Crippen LogP contribution is -2.48. The highest BCUT2D eigenvalue weighted by atomic mass is 35.5. The number of nitrogens with one attached hydrogen (secondary N) is 2. The summed E-state index contributed by atoms with van der Waals surface area (Å²) >= 11 is 6.00. The molecule has 2 N–H and O–H groups in total. The summed E-state index contributed by atoms with van der Waals surface area (Å²) in [6.45, 7) is 4.15. The Labute approximate surface area is 236 Å². The van der Waals surface area contributed by atoms with Crippen molar-refractivity contribution >= 4 is 40.4 Å². The summed E-state index contributed by atoms with van der Waals surface area (Å²) in [5.41, 5.74) is 4.63. The highest BCUT2D eigenvalue weighted by molar-refractivity contribution is 6.30. The Bertz CT molecular complexity index is 1570. The van der Waals surface area contributed by atoms with Crippen LogP contribution in [0.2, 0.25) is 5.02 Å². The molecule has 0 aromatic heterocycles. The third kappa shape index (κ3) is 6.18. The van der Waals surface area contributed by atoms with Crippen LogP contribution in [-0.2, 0) is 11.4 Å². The van der Waals surface area contributed by atoms with Crippen molar-refractivity contribution in [3.8, 4) is 17.2 Å². The number of ether oxygens (including phenoxy) is 3. The largest absolute Gasteiger partial charge is 0.488 e. The number of carbonyl (C=O) groups excluding carboxylic acids is 2. The van der Waals surface area contributed by atoms with Crippen molar-refractivity contribution in [1.29, 1.82) is 0 Å². The molecule has 0 saturated carbocycles. The first-order chi connectivity index (χ1) is 19.4. The lowest BCUT2D eigenvalue weighted by atomic mass is 10.0. The Morgan fingerprint density at radius 2 is 1.77 bits per heavy atom. The number of benzene rings is 4. The second-order valence-corrected chi connectivity index (χ2v) is 10.0. The molecule has 0 radical (unpaired) electrons. The fourth-order valence-corrected chi connectivity index (χ4v) is 4.43. The van der Waals surface area contributed by atoms with Gasteiger partial charge in [-0.3, -0.25) is 9.59 Å². The van der Waals surface area contributed by atoms with Gasteiger partial charge in [-0.25, -0.2) is 5.43 Å². The summed E-state index contributed by atoms with van der Waals surface area (Å²) in [5, 5.41) is 9.62. The van der Waals surface area contributed by atoms with Gasteiger partial charge in [0.15, 0.2) is 11.5 Å². The molecule has 1 heterocycles. The van der Waals surface area contributed by atoms with E-state index in [1.54, 1.807) is 24.4 Å². The first-order valence-corrected chi connectivity index (χ1v) is 13.2. The van der Waals surface area contributed by atoms with Crippen LogP contribution in [0.5, 0.6) is 17.2 Å². The zero-order chi connectivity index (χ0) is 28.1. The molecule has 4 aromatic rings. The van der Waals surface area contributed by atoms with E-state index in [1.807, 2.05) is 74.5 Å². The molecule has 40 heavy (non-hydrogen) atoms. The van der Waals surface area contributed by atoms with Crippen LogP contribution >= 0.6 is 11.6 Å². The molecule has 204 valence electrons. The predicted octanol–water partition coefficient (Wildman–Crippen LogP) is 5.71. The second kappa shape index (κ2) is 12.1. The van der Waals surface area contributed by atoms with E-state index in [1.165, 1.54) is 0 Å². The molecule has 1 atom stereocenters. The highest BCUT2D eigenvalue weighted by Gasteiger charge is 2.25. The molecule has 4 aromatic carbocycles. The van der Waals surface area contributed by atoms with Crippen LogP contribution in [0.25, 0.3) is 10.8 Å². The molecular weight excluding hydrogens is 530 g/mol. The van der Waals surface area contributed by atoms with Gasteiger partial charge in [0.05, 0.1) is 6.21 Å². The molecule has 0 saturated heterocycles. The number of halogens is 1. The van der Waals surface area contributed by atoms with Gasteiger partial charge in [0.1, 0.15) is 18.4 Å². The van der Waals surface area contributed by atoms with Gasteiger partial charge < -0.3 is 19.5 Å². The first kappa shape index (κ1) is 27.0. The summed E-state index contributed by atoms with van der Waals surface area (Å²) in [4.78, 5) is 26.0. The van der Waals surface area contributed by atoms with Crippen LogP contribution in [0.15, 0.2) is 84.0 Å². The Morgan fingerprint density at radius 3 is 2.58 bits per heavy atom. The van der Waals surface area contributed by atoms with Crippen LogP contribution in [0.1, 0.15) is 35.3 Å². The van der Waals surface area contributed by atoms with Gasteiger partial charge in [-0.1, -0.05) is 67.9 Å². The van der Waals surface area contributed by atoms with Crippen LogP contribution < -0.4 is 25.0 Å². The van der Waals surface area contributed by atoms with E-state index in [0.29, 0.717) is 34.4 Å². The number of hydrogen-bond donors (Lipinski definition) is 2. The maximum absolute atomic E-state index is 13.1. The predicted molar refractivity (Wildman–Crippen MR) is 154 cm³/mol. The molecule has 0 spiro atoms. The van der Waals surface area contributed by atoms with Gasteiger partial charge >= 0.3 is 0 Å². The summed E-state index contributed by atoms with van der Waals surface area (Å²) in [6, 6.07) is 23.2. The minimum Gasteiger partial charge on any atom is -0.488 e. The van der Waals surface area contributed by atoms with Gasteiger partial charge in [0.25, 0.3) is 11.8 Å². The topological polar surface area (TPSA) is 98.2 Å². The Balaban J connectivity index is 1.31. The van der Waals surface area contributed by atoms with Crippen molar-refractivity contribution in [2.75, 3.05) is 6.79 Å². The minimum absolute atomic E-state index is 0.111. The number of rotatable bonds is 9. The van der Waals surface area contributed by atoms with Gasteiger partial charge in [-0.15, -0.1) is 0 Å². The van der Waals surface area contributed by atoms with Crippen molar-refractivity contribution in [2.45, 2.75) is 26.5 Å². The second-order valence-electron chi connectivity index (χ2n) is 9.61. The van der Waals surface area contributed by atoms with E-state index < -0.39 is 17.9 Å². The summed E-state index contributed by atoms with van der Waals surface area (Å²) in [7, 11) is 0. The van der Waals surface area contributed by atoms with Gasteiger partial charge in [-0.2, -0.15) is 5.10 Å². The average Bonchev–Trinajstić information content (AvgIpc) is 3.44. The van der Waals surface area contributed by atoms with E-state index in [4.69, 9.17) is 25.8 Å². The monoisotopic (exact) mass is 557 g/mol. The third-order valence-corrected chi connectivity index (χ3v) is 6.73. The van der Waals surface area contributed by atoms with E-state index in [2.05, 4.69) is 15.8 Å². The number of fused-ring (bicyclic) bond motifs is 2. The van der Waals surface area contributed by atoms with Crippen molar-refractivity contribution in [2.24, 2.45) is 11.0 Å². The Kier molecular flexibility index (Phi) is 8.17. The van der Waals surface area contributed by atoms with E-state index >= 15 is 0 Å². The van der Waals surface area contributed by atoms with Gasteiger partial charge in [0.2, 0.25) is 6.79 Å². The molecule has 1 unspecified atom stereocenters. The van der Waals surface area contributed by atoms with E-state index in [-0.39, 0.29) is 12.7 Å². The third-order valence-electron chi connectivity index (χ3n) is 6.48. The number of amides is 2. The SMILES string of the molecule is CC(C)C(NC(=O)c1ccc2c(c1)OCO2)C(=O)N/N=C/c1c(OCc2ccc(Cl)cc2)ccc2ccccc12. The van der Waals surface area contributed by atoms with Crippen molar-refractivity contribution in [3.63, 3.8) is 0 Å². The van der Waals surface area contributed by atoms with Gasteiger partial charge in [0, 0.05) is 16.1 Å². The molecule has 9 heteroatoms. The Hall–Kier alpha value is -4.56. The molecule has 2 amide bonds. The first-order valence-electron chi connectivity index (χ1n) is 12.8. The van der Waals surface area contributed by atoms with E-state index in [9.17, 15) is 9.59 Å². The van der Waals surface area contributed by atoms with E-state index in [0.717, 1.165) is 21.9 Å². The van der Waals surface area contributed by atoms with Crippen molar-refractivity contribution in [1.82, 2.24) is 10.7 Å². The quantitative estimate of drug-likeness (QED) is 0.203. The standard InChI is InChI=1S/C31H28ClN3O5/c1-19(2)29(34-30(36)22-10-14-27-28(15-22)40-18-39-27)31(37)35-33-16-25-24-6-4-3-5-21(24)9-13-26(25)38-17-20-7-11-23(32)12-8-20/h3-16,19,29H,17-18H2,1-2H3,(H,34,36)(H,35,37)/b33-16+. The van der Waals surface area contributed by atoms with Gasteiger partial charge in [-0.05, 0) is 58.7 Å². The zero-order valence-electron chi connectivity index (χ0n) is 22.0. The molecule has 1 aliphatic heterocycles. The molecule has 0 bridgehead atoms. The summed E-state index contributed by atoms with van der Waals surface area (Å²) < 4.78 is 16.8. The normalized spacial score (nSPS) is 13.0. The molecule has 8 nitrogen and oxygen atoms in total. The minimum atomic E-state index is -0.816. The van der Waals surface area contributed by atoms with Crippen LogP contribution in [0, 0.1) is 5.92 Å². The maximum Gasteiger partial charge on any atom is 0.262 e. The number of nitrogens with zero attached hydrogens (tertiary/aromatic N) is 1. The number of hydrazone groups is 1. The highest BCUT2D eigenvalue weighted by Crippen LogP contribution is 2.32. The zero-order valence-corrected chi connectivity index (χ0v) is 22.8. The maximum atomic E-state index is 13.1. The molecule has 1 aliphatic rings. The fraction of sp³-hybridized carbons (Fsp3) is 0.194. The number of carbonyl (C=O) groups is 2. The Morgan fingerprint density at radius 1 is 1.00 bits per heavy atom.